The Morgan fingerprint density at radius 3 is 2.63 bits per heavy atom. The molecule has 0 radical (unpaired) electrons. The quantitative estimate of drug-likeness (QED) is 0.904. The minimum atomic E-state index is -4.11. The van der Waals surface area contributed by atoms with Gasteiger partial charge in [0.2, 0.25) is 0 Å². The van der Waals surface area contributed by atoms with Crippen molar-refractivity contribution < 1.29 is 13.2 Å². The summed E-state index contributed by atoms with van der Waals surface area (Å²) in [6.45, 7) is 1.87. The minimum absolute atomic E-state index is 0.158. The van der Waals surface area contributed by atoms with Crippen LogP contribution < -0.4 is 5.32 Å². The van der Waals surface area contributed by atoms with Crippen LogP contribution in [-0.2, 0) is 0 Å². The van der Waals surface area contributed by atoms with E-state index in [1.165, 1.54) is 0 Å². The van der Waals surface area contributed by atoms with Crippen molar-refractivity contribution in [1.29, 1.82) is 0 Å². The van der Waals surface area contributed by atoms with Crippen molar-refractivity contribution in [3.63, 3.8) is 0 Å². The van der Waals surface area contributed by atoms with Gasteiger partial charge in [-0.2, -0.15) is 13.2 Å². The molecule has 0 amide bonds. The van der Waals surface area contributed by atoms with Gasteiger partial charge >= 0.3 is 6.18 Å². The zero-order chi connectivity index (χ0) is 13.9. The molecular formula is C14H19F3N2. The molecule has 0 bridgehead atoms. The molecule has 1 aromatic rings. The average molecular weight is 272 g/mol. The van der Waals surface area contributed by atoms with Gasteiger partial charge in [-0.25, -0.2) is 0 Å². The Morgan fingerprint density at radius 1 is 1.26 bits per heavy atom. The van der Waals surface area contributed by atoms with Crippen molar-refractivity contribution in [3.8, 4) is 0 Å². The van der Waals surface area contributed by atoms with Gasteiger partial charge in [-0.05, 0) is 31.9 Å². The number of nitrogens with one attached hydrogen (secondary N) is 1. The van der Waals surface area contributed by atoms with Crippen molar-refractivity contribution in [2.45, 2.75) is 50.9 Å². The second-order valence-electron chi connectivity index (χ2n) is 5.18. The minimum Gasteiger partial charge on any atom is -0.305 e. The molecule has 1 aliphatic carbocycles. The third-order valence-corrected chi connectivity index (χ3v) is 3.78. The maximum Gasteiger partial charge on any atom is 0.393 e. The fourth-order valence-corrected chi connectivity index (χ4v) is 2.76. The molecular weight excluding hydrogens is 253 g/mol. The van der Waals surface area contributed by atoms with E-state index in [4.69, 9.17) is 0 Å². The van der Waals surface area contributed by atoms with Crippen LogP contribution in [0.25, 0.3) is 0 Å². The summed E-state index contributed by atoms with van der Waals surface area (Å²) in [5.74, 6) is -1.23. The molecule has 1 fully saturated rings. The summed E-state index contributed by atoms with van der Waals surface area (Å²) in [4.78, 5) is 4.19. The fraction of sp³-hybridized carbons (Fsp3) is 0.643. The molecule has 1 saturated carbocycles. The van der Waals surface area contributed by atoms with Crippen LogP contribution in [0.5, 0.6) is 0 Å². The molecule has 106 valence electrons. The molecule has 0 spiro atoms. The third-order valence-electron chi connectivity index (χ3n) is 3.78. The lowest BCUT2D eigenvalue weighted by atomic mass is 9.83. The highest BCUT2D eigenvalue weighted by molar-refractivity contribution is 5.08. The Labute approximate surface area is 111 Å². The molecule has 1 aromatic heterocycles. The lowest BCUT2D eigenvalue weighted by molar-refractivity contribution is -0.189. The molecule has 1 aliphatic rings. The van der Waals surface area contributed by atoms with Crippen molar-refractivity contribution in [2.24, 2.45) is 5.92 Å². The number of hydrogen-bond donors (Lipinski definition) is 1. The van der Waals surface area contributed by atoms with Gasteiger partial charge < -0.3 is 5.32 Å². The summed E-state index contributed by atoms with van der Waals surface area (Å²) >= 11 is 0. The molecule has 0 saturated heterocycles. The predicted octanol–water partition coefficient (Wildman–Crippen LogP) is 3.85. The van der Waals surface area contributed by atoms with E-state index in [2.05, 4.69) is 10.3 Å². The summed E-state index contributed by atoms with van der Waals surface area (Å²) < 4.78 is 39.0. The molecule has 1 heterocycles. The summed E-state index contributed by atoms with van der Waals surface area (Å²) in [7, 11) is 0. The molecule has 1 N–H and O–H groups in total. The number of halogens is 3. The number of hydrogen-bond acceptors (Lipinski definition) is 2. The van der Waals surface area contributed by atoms with E-state index in [1.54, 1.807) is 12.3 Å². The molecule has 19 heavy (non-hydrogen) atoms. The Bertz CT molecular complexity index is 391. The van der Waals surface area contributed by atoms with Gasteiger partial charge in [-0.15, -0.1) is 0 Å². The Balaban J connectivity index is 2.04. The van der Waals surface area contributed by atoms with Gasteiger partial charge in [0.05, 0.1) is 11.6 Å². The molecule has 3 atom stereocenters. The second kappa shape index (κ2) is 5.90. The van der Waals surface area contributed by atoms with Crippen LogP contribution in [0.4, 0.5) is 13.2 Å². The molecule has 2 nitrogen and oxygen atoms in total. The summed E-state index contributed by atoms with van der Waals surface area (Å²) in [5, 5.41) is 3.11. The largest absolute Gasteiger partial charge is 0.393 e. The number of alkyl halides is 3. The normalized spacial score (nSPS) is 26.1. The zero-order valence-corrected chi connectivity index (χ0v) is 11.0. The van der Waals surface area contributed by atoms with Gasteiger partial charge in [0.25, 0.3) is 0 Å². The average Bonchev–Trinajstić information content (AvgIpc) is 2.39. The van der Waals surface area contributed by atoms with Gasteiger partial charge in [-0.1, -0.05) is 18.9 Å². The van der Waals surface area contributed by atoms with Crippen LogP contribution >= 0.6 is 0 Å². The smallest absolute Gasteiger partial charge is 0.305 e. The van der Waals surface area contributed by atoms with E-state index < -0.39 is 18.1 Å². The van der Waals surface area contributed by atoms with Gasteiger partial charge in [-0.3, -0.25) is 4.98 Å². The Hall–Kier alpha value is -1.10. The molecule has 5 heteroatoms. The first-order chi connectivity index (χ1) is 8.98. The molecule has 0 aliphatic heterocycles. The highest BCUT2D eigenvalue weighted by Gasteiger charge is 2.45. The maximum atomic E-state index is 13.0. The lowest BCUT2D eigenvalue weighted by Gasteiger charge is -2.35. The van der Waals surface area contributed by atoms with Crippen molar-refractivity contribution in [2.75, 3.05) is 0 Å². The highest BCUT2D eigenvalue weighted by atomic mass is 19.4. The predicted molar refractivity (Wildman–Crippen MR) is 67.6 cm³/mol. The van der Waals surface area contributed by atoms with Gasteiger partial charge in [0.1, 0.15) is 0 Å². The van der Waals surface area contributed by atoms with Crippen molar-refractivity contribution in [1.82, 2.24) is 10.3 Å². The van der Waals surface area contributed by atoms with Crippen molar-refractivity contribution >= 4 is 0 Å². The van der Waals surface area contributed by atoms with Crippen molar-refractivity contribution in [3.05, 3.63) is 30.1 Å². The number of aromatic nitrogens is 1. The standard InChI is InChI=1S/C14H19F3N2/c1-10(12-7-4-5-9-18-12)19-13-8-3-2-6-11(13)14(15,16)17/h4-5,7,9-11,13,19H,2-3,6,8H2,1H3/t10-,11?,13?/m0/s1. The summed E-state index contributed by atoms with van der Waals surface area (Å²) in [6.07, 6.45) is -0.103. The molecule has 2 rings (SSSR count). The van der Waals surface area contributed by atoms with E-state index in [1.807, 2.05) is 19.1 Å². The Kier molecular flexibility index (Phi) is 4.45. The number of nitrogens with zero attached hydrogens (tertiary/aromatic N) is 1. The van der Waals surface area contributed by atoms with Crippen LogP contribution in [0.1, 0.15) is 44.3 Å². The van der Waals surface area contributed by atoms with E-state index in [0.29, 0.717) is 12.8 Å². The van der Waals surface area contributed by atoms with Crippen LogP contribution in [0.2, 0.25) is 0 Å². The van der Waals surface area contributed by atoms with Gasteiger partial charge in [0.15, 0.2) is 0 Å². The first-order valence-electron chi connectivity index (χ1n) is 6.72. The Morgan fingerprint density at radius 2 is 2.00 bits per heavy atom. The first-order valence-corrected chi connectivity index (χ1v) is 6.72. The maximum absolute atomic E-state index is 13.0. The SMILES string of the molecule is C[C@H](NC1CCCCC1C(F)(F)F)c1ccccn1. The first kappa shape index (κ1) is 14.3. The summed E-state index contributed by atoms with van der Waals surface area (Å²) in [6, 6.07) is 4.83. The van der Waals surface area contributed by atoms with E-state index in [-0.39, 0.29) is 12.5 Å². The topological polar surface area (TPSA) is 24.9 Å². The lowest BCUT2D eigenvalue weighted by Crippen LogP contribution is -2.46. The zero-order valence-electron chi connectivity index (χ0n) is 11.0. The summed E-state index contributed by atoms with van der Waals surface area (Å²) in [5.41, 5.74) is 0.786. The molecule has 2 unspecified atom stereocenters. The number of rotatable bonds is 3. The number of pyridine rings is 1. The van der Waals surface area contributed by atoms with Crippen LogP contribution in [-0.4, -0.2) is 17.2 Å². The van der Waals surface area contributed by atoms with E-state index in [0.717, 1.165) is 12.1 Å². The van der Waals surface area contributed by atoms with Crippen LogP contribution in [0.15, 0.2) is 24.4 Å². The van der Waals surface area contributed by atoms with Crippen LogP contribution in [0.3, 0.4) is 0 Å². The monoisotopic (exact) mass is 272 g/mol. The van der Waals surface area contributed by atoms with E-state index >= 15 is 0 Å². The van der Waals surface area contributed by atoms with Gasteiger partial charge in [0, 0.05) is 18.3 Å². The van der Waals surface area contributed by atoms with Crippen LogP contribution in [0, 0.1) is 5.92 Å². The van der Waals surface area contributed by atoms with E-state index in [9.17, 15) is 13.2 Å². The highest BCUT2D eigenvalue weighted by Crippen LogP contribution is 2.38. The second-order valence-corrected chi connectivity index (χ2v) is 5.18. The fourth-order valence-electron chi connectivity index (χ4n) is 2.76. The molecule has 0 aromatic carbocycles. The third kappa shape index (κ3) is 3.69.